The predicted molar refractivity (Wildman–Crippen MR) is 81.9 cm³/mol. The fraction of sp³-hybridized carbons (Fsp3) is 0.125. The van der Waals surface area contributed by atoms with E-state index < -0.39 is 5.91 Å². The number of allylic oxidation sites excluding steroid dienone is 3. The van der Waals surface area contributed by atoms with E-state index in [0.717, 1.165) is 16.5 Å². The minimum atomic E-state index is -0.473. The maximum absolute atomic E-state index is 11.3. The van der Waals surface area contributed by atoms with Gasteiger partial charge in [0, 0.05) is 11.0 Å². The summed E-state index contributed by atoms with van der Waals surface area (Å²) in [4.78, 5) is 11.3. The van der Waals surface area contributed by atoms with Crippen LogP contribution in [0.4, 0.5) is 0 Å². The normalized spacial score (nSPS) is 12.7. The maximum Gasteiger partial charge on any atom is 0.248 e. The summed E-state index contributed by atoms with van der Waals surface area (Å²) in [6.07, 6.45) is 6.79. The van der Waals surface area contributed by atoms with Gasteiger partial charge in [0.15, 0.2) is 0 Å². The molecule has 0 spiro atoms. The molecule has 0 saturated heterocycles. The number of nitrogens with two attached hydrogens (primary N) is 1. The maximum atomic E-state index is 11.3. The molecule has 0 saturated carbocycles. The van der Waals surface area contributed by atoms with Crippen molar-refractivity contribution in [1.29, 1.82) is 0 Å². The van der Waals surface area contributed by atoms with E-state index in [0.29, 0.717) is 11.3 Å². The molecule has 0 radical (unpaired) electrons. The molecule has 0 unspecified atom stereocenters. The number of carbonyl (C=O) groups is 1. The largest absolute Gasteiger partial charge is 0.366 e. The minimum Gasteiger partial charge on any atom is -0.366 e. The molecule has 0 aliphatic rings. The van der Waals surface area contributed by atoms with Crippen molar-refractivity contribution in [3.63, 3.8) is 0 Å². The van der Waals surface area contributed by atoms with Crippen LogP contribution in [-0.2, 0) is 4.79 Å². The van der Waals surface area contributed by atoms with Crippen LogP contribution in [0.1, 0.15) is 12.5 Å². The molecule has 4 nitrogen and oxygen atoms in total. The molecule has 102 valence electrons. The second kappa shape index (κ2) is 5.57. The molecule has 0 fully saturated rings. The van der Waals surface area contributed by atoms with Crippen LogP contribution in [0.3, 0.4) is 0 Å². The predicted octanol–water partition coefficient (Wildman–Crippen LogP) is 2.80. The van der Waals surface area contributed by atoms with Gasteiger partial charge in [0.1, 0.15) is 0 Å². The van der Waals surface area contributed by atoms with E-state index in [4.69, 9.17) is 5.73 Å². The lowest BCUT2D eigenvalue weighted by atomic mass is 10.1. The van der Waals surface area contributed by atoms with E-state index in [1.807, 2.05) is 25.1 Å². The molecule has 1 amide bonds. The number of hydrogen-bond acceptors (Lipinski definition) is 2. The van der Waals surface area contributed by atoms with Crippen LogP contribution < -0.4 is 5.73 Å². The zero-order chi connectivity index (χ0) is 14.7. The molecular formula is C16H17N3O. The number of primary amides is 1. The van der Waals surface area contributed by atoms with Crippen LogP contribution in [0.5, 0.6) is 0 Å². The molecule has 0 aliphatic carbocycles. The van der Waals surface area contributed by atoms with Crippen molar-refractivity contribution >= 4 is 22.5 Å². The average molecular weight is 267 g/mol. The first kappa shape index (κ1) is 13.8. The molecular weight excluding hydrogens is 250 g/mol. The quantitative estimate of drug-likeness (QED) is 0.684. The molecule has 0 atom stereocenters. The average Bonchev–Trinajstić information content (AvgIpc) is 2.83. The van der Waals surface area contributed by atoms with E-state index in [-0.39, 0.29) is 0 Å². The first-order chi connectivity index (χ1) is 9.56. The molecule has 1 heterocycles. The van der Waals surface area contributed by atoms with E-state index >= 15 is 0 Å². The fourth-order valence-corrected chi connectivity index (χ4v) is 2.00. The fourth-order valence-electron chi connectivity index (χ4n) is 2.00. The molecule has 0 bridgehead atoms. The van der Waals surface area contributed by atoms with Gasteiger partial charge in [-0.15, -0.1) is 0 Å². The highest BCUT2D eigenvalue weighted by molar-refractivity contribution is 5.97. The lowest BCUT2D eigenvalue weighted by Gasteiger charge is -2.06. The molecule has 1 aromatic carbocycles. The zero-order valence-electron chi connectivity index (χ0n) is 11.6. The third-order valence-corrected chi connectivity index (χ3v) is 3.08. The third kappa shape index (κ3) is 2.54. The Hall–Kier alpha value is -2.62. The summed E-state index contributed by atoms with van der Waals surface area (Å²) >= 11 is 0. The van der Waals surface area contributed by atoms with Gasteiger partial charge in [0.05, 0.1) is 17.4 Å². The van der Waals surface area contributed by atoms with Gasteiger partial charge >= 0.3 is 0 Å². The van der Waals surface area contributed by atoms with Crippen molar-refractivity contribution in [3.05, 3.63) is 60.3 Å². The van der Waals surface area contributed by atoms with Gasteiger partial charge in [-0.05, 0) is 37.6 Å². The number of aromatic nitrogens is 2. The first-order valence-corrected chi connectivity index (χ1v) is 6.32. The van der Waals surface area contributed by atoms with Gasteiger partial charge in [0.2, 0.25) is 5.91 Å². The molecule has 4 heteroatoms. The zero-order valence-corrected chi connectivity index (χ0v) is 11.6. The van der Waals surface area contributed by atoms with Crippen molar-refractivity contribution in [2.45, 2.75) is 13.8 Å². The number of aryl methyl sites for hydroxylation is 1. The summed E-state index contributed by atoms with van der Waals surface area (Å²) < 4.78 is 1.75. The van der Waals surface area contributed by atoms with E-state index in [9.17, 15) is 4.79 Å². The lowest BCUT2D eigenvalue weighted by Crippen LogP contribution is -2.13. The van der Waals surface area contributed by atoms with Crippen LogP contribution in [0.15, 0.2) is 54.8 Å². The molecule has 2 rings (SSSR count). The third-order valence-electron chi connectivity index (χ3n) is 3.08. The van der Waals surface area contributed by atoms with E-state index in [1.54, 1.807) is 36.0 Å². The minimum absolute atomic E-state index is 0.427. The van der Waals surface area contributed by atoms with Gasteiger partial charge in [0.25, 0.3) is 0 Å². The Morgan fingerprint density at radius 2 is 2.20 bits per heavy atom. The van der Waals surface area contributed by atoms with Crippen LogP contribution in [0.2, 0.25) is 0 Å². The monoisotopic (exact) mass is 267 g/mol. The number of rotatable bonds is 4. The smallest absolute Gasteiger partial charge is 0.248 e. The summed E-state index contributed by atoms with van der Waals surface area (Å²) in [6, 6.07) is 6.09. The highest BCUT2D eigenvalue weighted by Gasteiger charge is 2.07. The van der Waals surface area contributed by atoms with E-state index in [2.05, 4.69) is 11.7 Å². The molecule has 1 aromatic heterocycles. The number of carbonyl (C=O) groups excluding carboxylic acids is 1. The summed E-state index contributed by atoms with van der Waals surface area (Å²) in [5.41, 5.74) is 8.57. The van der Waals surface area contributed by atoms with Gasteiger partial charge in [-0.2, -0.15) is 5.10 Å². The second-order valence-corrected chi connectivity index (χ2v) is 4.50. The topological polar surface area (TPSA) is 60.9 Å². The number of hydrogen-bond donors (Lipinski definition) is 1. The van der Waals surface area contributed by atoms with Gasteiger partial charge in [-0.3, -0.25) is 4.79 Å². The van der Waals surface area contributed by atoms with Crippen molar-refractivity contribution in [3.8, 4) is 0 Å². The molecule has 2 N–H and O–H groups in total. The van der Waals surface area contributed by atoms with Crippen molar-refractivity contribution in [2.24, 2.45) is 5.73 Å². The highest BCUT2D eigenvalue weighted by atomic mass is 16.1. The van der Waals surface area contributed by atoms with Crippen LogP contribution in [0.25, 0.3) is 16.6 Å². The SMILES string of the molecule is C=C/C(=C\C(=C/C)C(N)=O)n1ncc2ccc(C)cc21. The van der Waals surface area contributed by atoms with Crippen LogP contribution >= 0.6 is 0 Å². The van der Waals surface area contributed by atoms with Gasteiger partial charge in [-0.25, -0.2) is 4.68 Å². The first-order valence-electron chi connectivity index (χ1n) is 6.32. The Bertz CT molecular complexity index is 735. The highest BCUT2D eigenvalue weighted by Crippen LogP contribution is 2.20. The number of fused-ring (bicyclic) bond motifs is 1. The summed E-state index contributed by atoms with van der Waals surface area (Å²) in [5.74, 6) is -0.473. The van der Waals surface area contributed by atoms with Gasteiger partial charge < -0.3 is 5.73 Å². The standard InChI is InChI=1S/C16H17N3O/c1-4-12(16(17)20)9-14(5-2)19-15-8-11(3)6-7-13(15)10-18-19/h4-10H,2H2,1,3H3,(H2,17,20)/b12-4+,14-9+. The van der Waals surface area contributed by atoms with Crippen molar-refractivity contribution in [1.82, 2.24) is 9.78 Å². The second-order valence-electron chi connectivity index (χ2n) is 4.50. The van der Waals surface area contributed by atoms with Crippen LogP contribution in [0, 0.1) is 6.92 Å². The van der Waals surface area contributed by atoms with E-state index in [1.165, 1.54) is 0 Å². The Kier molecular flexibility index (Phi) is 3.84. The number of benzene rings is 1. The Balaban J connectivity index is 2.60. The summed E-state index contributed by atoms with van der Waals surface area (Å²) in [5, 5.41) is 5.38. The van der Waals surface area contributed by atoms with Crippen LogP contribution in [-0.4, -0.2) is 15.7 Å². The molecule has 20 heavy (non-hydrogen) atoms. The summed E-state index contributed by atoms with van der Waals surface area (Å²) in [6.45, 7) is 7.57. The Morgan fingerprint density at radius 3 is 2.80 bits per heavy atom. The molecule has 0 aliphatic heterocycles. The van der Waals surface area contributed by atoms with Crippen molar-refractivity contribution in [2.75, 3.05) is 0 Å². The number of amides is 1. The Morgan fingerprint density at radius 1 is 1.45 bits per heavy atom. The lowest BCUT2D eigenvalue weighted by molar-refractivity contribution is -0.114. The van der Waals surface area contributed by atoms with Gasteiger partial charge in [-0.1, -0.05) is 24.8 Å². The van der Waals surface area contributed by atoms with Crippen molar-refractivity contribution < 1.29 is 4.79 Å². The Labute approximate surface area is 117 Å². The number of nitrogens with zero attached hydrogens (tertiary/aromatic N) is 2. The molecule has 2 aromatic rings. The summed E-state index contributed by atoms with van der Waals surface area (Å²) in [7, 11) is 0.